The van der Waals surface area contributed by atoms with E-state index in [9.17, 15) is 0 Å². The van der Waals surface area contributed by atoms with Crippen molar-refractivity contribution < 1.29 is 9.47 Å². The van der Waals surface area contributed by atoms with E-state index in [2.05, 4.69) is 70.3 Å². The molecule has 8 nitrogen and oxygen atoms in total. The molecule has 3 aromatic rings. The Morgan fingerprint density at radius 3 is 2.86 bits per heavy atom. The smallest absolute Gasteiger partial charge is 0.227 e. The molecule has 0 atom stereocenters. The summed E-state index contributed by atoms with van der Waals surface area (Å²) in [5.74, 6) is 1.44. The molecule has 1 aromatic carbocycles. The second kappa shape index (κ2) is 13.1. The van der Waals surface area contributed by atoms with E-state index < -0.39 is 0 Å². The summed E-state index contributed by atoms with van der Waals surface area (Å²) in [5, 5.41) is 3.37. The molecule has 4 rings (SSSR count). The van der Waals surface area contributed by atoms with Gasteiger partial charge in [0, 0.05) is 55.0 Å². The van der Waals surface area contributed by atoms with E-state index in [1.807, 2.05) is 30.6 Å². The van der Waals surface area contributed by atoms with Crippen LogP contribution < -0.4 is 10.1 Å². The van der Waals surface area contributed by atoms with Crippen molar-refractivity contribution in [2.75, 3.05) is 51.8 Å². The minimum Gasteiger partial charge on any atom is -0.492 e. The summed E-state index contributed by atoms with van der Waals surface area (Å²) < 4.78 is 12.1. The normalized spacial score (nSPS) is 14.7. The monoisotopic (exact) mass is 488 g/mol. The van der Waals surface area contributed by atoms with Gasteiger partial charge < -0.3 is 19.7 Å². The third-order valence-electron chi connectivity index (χ3n) is 6.13. The number of hydrogen-bond donors (Lipinski definition) is 1. The lowest BCUT2D eigenvalue weighted by atomic mass is 10.1. The SMILES string of the molecule is CCN(CC)CCOc1ccc2cc1CN(C)CC=CCOCc1cncc(c1)-c1ccnc(n1)N2. The van der Waals surface area contributed by atoms with Gasteiger partial charge in [0.2, 0.25) is 5.95 Å². The van der Waals surface area contributed by atoms with E-state index in [1.54, 1.807) is 6.20 Å². The third kappa shape index (κ3) is 7.34. The van der Waals surface area contributed by atoms with Gasteiger partial charge in [-0.1, -0.05) is 26.0 Å². The van der Waals surface area contributed by atoms with Crippen LogP contribution in [0.4, 0.5) is 11.6 Å². The lowest BCUT2D eigenvalue weighted by molar-refractivity contribution is 0.148. The first-order chi connectivity index (χ1) is 17.6. The van der Waals surface area contributed by atoms with E-state index >= 15 is 0 Å². The molecule has 1 N–H and O–H groups in total. The zero-order chi connectivity index (χ0) is 25.2. The Hall–Kier alpha value is -3.33. The van der Waals surface area contributed by atoms with Crippen molar-refractivity contribution >= 4 is 11.6 Å². The Bertz CT molecular complexity index is 1150. The Morgan fingerprint density at radius 1 is 1.11 bits per heavy atom. The first kappa shape index (κ1) is 25.8. The van der Waals surface area contributed by atoms with Crippen LogP contribution in [-0.2, 0) is 17.9 Å². The summed E-state index contributed by atoms with van der Waals surface area (Å²) in [5.41, 5.74) is 4.77. The van der Waals surface area contributed by atoms with Gasteiger partial charge in [0.25, 0.3) is 0 Å². The highest BCUT2D eigenvalue weighted by molar-refractivity contribution is 5.62. The molecule has 6 bridgehead atoms. The first-order valence-electron chi connectivity index (χ1n) is 12.6. The molecule has 1 aliphatic rings. The van der Waals surface area contributed by atoms with E-state index in [1.165, 1.54) is 0 Å². The largest absolute Gasteiger partial charge is 0.492 e. The van der Waals surface area contributed by atoms with Crippen molar-refractivity contribution in [3.8, 4) is 17.0 Å². The van der Waals surface area contributed by atoms with Gasteiger partial charge in [0.15, 0.2) is 0 Å². The average molecular weight is 489 g/mol. The van der Waals surface area contributed by atoms with Gasteiger partial charge in [-0.15, -0.1) is 0 Å². The van der Waals surface area contributed by atoms with Crippen molar-refractivity contribution in [2.24, 2.45) is 0 Å². The second-order valence-corrected chi connectivity index (χ2v) is 8.85. The molecule has 0 saturated carbocycles. The summed E-state index contributed by atoms with van der Waals surface area (Å²) in [7, 11) is 2.10. The van der Waals surface area contributed by atoms with Crippen LogP contribution in [0.2, 0.25) is 0 Å². The van der Waals surface area contributed by atoms with E-state index in [0.29, 0.717) is 25.8 Å². The fourth-order valence-electron chi connectivity index (χ4n) is 4.08. The number of nitrogens with one attached hydrogen (secondary N) is 1. The highest BCUT2D eigenvalue weighted by atomic mass is 16.5. The van der Waals surface area contributed by atoms with Crippen LogP contribution in [0.25, 0.3) is 11.3 Å². The number of ether oxygens (including phenoxy) is 2. The number of pyridine rings is 1. The van der Waals surface area contributed by atoms with Gasteiger partial charge in [-0.05, 0) is 56.0 Å². The third-order valence-corrected chi connectivity index (χ3v) is 6.13. The maximum atomic E-state index is 6.23. The standard InChI is InChI=1S/C28H36N6O2/c1-4-34(5-2)13-15-36-27-9-8-25-17-24(27)20-33(3)12-6-7-14-35-21-22-16-23(19-29-18-22)26-10-11-30-28(31-25)32-26/h6-11,16-19H,4-5,12-15,20-21H2,1-3H3,(H,30,31,32). The van der Waals surface area contributed by atoms with Crippen LogP contribution in [0, 0.1) is 0 Å². The predicted octanol–water partition coefficient (Wildman–Crippen LogP) is 4.52. The van der Waals surface area contributed by atoms with Crippen LogP contribution >= 0.6 is 0 Å². The fourth-order valence-corrected chi connectivity index (χ4v) is 4.08. The van der Waals surface area contributed by atoms with Gasteiger partial charge in [-0.2, -0.15) is 0 Å². The highest BCUT2D eigenvalue weighted by Crippen LogP contribution is 2.27. The van der Waals surface area contributed by atoms with Crippen molar-refractivity contribution in [1.82, 2.24) is 24.8 Å². The van der Waals surface area contributed by atoms with Crippen LogP contribution in [-0.4, -0.2) is 71.2 Å². The molecule has 3 heterocycles. The lowest BCUT2D eigenvalue weighted by Gasteiger charge is -2.21. The first-order valence-corrected chi connectivity index (χ1v) is 12.6. The predicted molar refractivity (Wildman–Crippen MR) is 143 cm³/mol. The van der Waals surface area contributed by atoms with Crippen LogP contribution in [0.5, 0.6) is 5.75 Å². The van der Waals surface area contributed by atoms with Crippen LogP contribution in [0.15, 0.2) is 61.1 Å². The molecule has 36 heavy (non-hydrogen) atoms. The van der Waals surface area contributed by atoms with Gasteiger partial charge in [-0.25, -0.2) is 9.97 Å². The van der Waals surface area contributed by atoms with Crippen molar-refractivity contribution in [3.63, 3.8) is 0 Å². The van der Waals surface area contributed by atoms with Crippen molar-refractivity contribution in [3.05, 3.63) is 72.2 Å². The Kier molecular flexibility index (Phi) is 9.38. The molecular weight excluding hydrogens is 452 g/mol. The summed E-state index contributed by atoms with van der Waals surface area (Å²) in [6.45, 7) is 10.6. The summed E-state index contributed by atoms with van der Waals surface area (Å²) in [4.78, 5) is 18.1. The molecule has 0 aliphatic carbocycles. The quantitative estimate of drug-likeness (QED) is 0.508. The second-order valence-electron chi connectivity index (χ2n) is 8.85. The molecular formula is C28H36N6O2. The van der Waals surface area contributed by atoms with Crippen molar-refractivity contribution in [1.29, 1.82) is 0 Å². The minimum absolute atomic E-state index is 0.496. The molecule has 8 heteroatoms. The molecule has 0 spiro atoms. The van der Waals surface area contributed by atoms with Crippen molar-refractivity contribution in [2.45, 2.75) is 27.0 Å². The van der Waals surface area contributed by atoms with Gasteiger partial charge in [0.05, 0.1) is 18.9 Å². The molecule has 0 saturated heterocycles. The summed E-state index contributed by atoms with van der Waals surface area (Å²) in [6.07, 6.45) is 9.60. The number of nitrogens with zero attached hydrogens (tertiary/aromatic N) is 5. The van der Waals surface area contributed by atoms with Crippen LogP contribution in [0.1, 0.15) is 25.0 Å². The molecule has 0 unspecified atom stereocenters. The average Bonchev–Trinajstić information content (AvgIpc) is 2.89. The van der Waals surface area contributed by atoms with Gasteiger partial charge >= 0.3 is 0 Å². The summed E-state index contributed by atoms with van der Waals surface area (Å²) in [6, 6.07) is 10.1. The Morgan fingerprint density at radius 2 is 2.00 bits per heavy atom. The highest BCUT2D eigenvalue weighted by Gasteiger charge is 2.11. The Labute approximate surface area is 214 Å². The topological polar surface area (TPSA) is 75.6 Å². The zero-order valence-electron chi connectivity index (χ0n) is 21.5. The number of anilines is 2. The van der Waals surface area contributed by atoms with E-state index in [4.69, 9.17) is 14.5 Å². The molecule has 0 amide bonds. The number of benzene rings is 1. The van der Waals surface area contributed by atoms with Gasteiger partial charge in [-0.3, -0.25) is 9.88 Å². The number of aromatic nitrogens is 3. The molecule has 1 aliphatic heterocycles. The fraction of sp³-hybridized carbons (Fsp3) is 0.393. The number of likely N-dealkylation sites (N-methyl/N-ethyl adjacent to an activating group) is 2. The maximum absolute atomic E-state index is 6.23. The zero-order valence-corrected chi connectivity index (χ0v) is 21.5. The minimum atomic E-state index is 0.496. The summed E-state index contributed by atoms with van der Waals surface area (Å²) >= 11 is 0. The van der Waals surface area contributed by atoms with Crippen LogP contribution in [0.3, 0.4) is 0 Å². The molecule has 2 aromatic heterocycles. The molecule has 190 valence electrons. The molecule has 0 fully saturated rings. The van der Waals surface area contributed by atoms with Gasteiger partial charge in [0.1, 0.15) is 12.4 Å². The maximum Gasteiger partial charge on any atom is 0.227 e. The Balaban J connectivity index is 1.60. The molecule has 0 radical (unpaired) electrons. The number of hydrogen-bond acceptors (Lipinski definition) is 8. The number of rotatable bonds is 6. The number of fused-ring (bicyclic) bond motifs is 7. The van der Waals surface area contributed by atoms with E-state index in [-0.39, 0.29) is 0 Å². The lowest BCUT2D eigenvalue weighted by Crippen LogP contribution is -2.28. The van der Waals surface area contributed by atoms with E-state index in [0.717, 1.165) is 66.5 Å².